The lowest BCUT2D eigenvalue weighted by atomic mass is 10.2. The van der Waals surface area contributed by atoms with Crippen LogP contribution in [0.25, 0.3) is 0 Å². The second-order valence-electron chi connectivity index (χ2n) is 7.95. The summed E-state index contributed by atoms with van der Waals surface area (Å²) in [6.45, 7) is 7.55. The Morgan fingerprint density at radius 1 is 1.10 bits per heavy atom. The molecule has 6 nitrogen and oxygen atoms in total. The molecule has 2 aromatic rings. The Bertz CT molecular complexity index is 949. The number of likely N-dealkylation sites (tertiary alicyclic amines) is 1. The van der Waals surface area contributed by atoms with Crippen LogP contribution in [0.4, 0.5) is 0 Å². The SMILES string of the molecule is CCNC(=NCc1ccc(S(C)(=O)=O)cc1)NC1CC(C)N(Cc2ccccc2)C1.I. The molecular weight excluding hydrogens is 523 g/mol. The number of benzene rings is 2. The van der Waals surface area contributed by atoms with E-state index in [-0.39, 0.29) is 24.0 Å². The van der Waals surface area contributed by atoms with Gasteiger partial charge in [0.1, 0.15) is 0 Å². The second-order valence-corrected chi connectivity index (χ2v) is 9.97. The summed E-state index contributed by atoms with van der Waals surface area (Å²) in [6, 6.07) is 18.3. The van der Waals surface area contributed by atoms with Crippen LogP contribution in [0.2, 0.25) is 0 Å². The van der Waals surface area contributed by atoms with E-state index in [0.29, 0.717) is 23.5 Å². The highest BCUT2D eigenvalue weighted by atomic mass is 127. The van der Waals surface area contributed by atoms with Gasteiger partial charge in [-0.05, 0) is 43.5 Å². The molecule has 0 aliphatic carbocycles. The summed E-state index contributed by atoms with van der Waals surface area (Å²) < 4.78 is 23.2. The molecule has 2 atom stereocenters. The zero-order chi connectivity index (χ0) is 21.6. The van der Waals surface area contributed by atoms with Gasteiger partial charge in [-0.25, -0.2) is 13.4 Å². The monoisotopic (exact) mass is 556 g/mol. The van der Waals surface area contributed by atoms with Crippen molar-refractivity contribution in [3.8, 4) is 0 Å². The van der Waals surface area contributed by atoms with E-state index in [1.807, 2.05) is 12.1 Å². The molecule has 1 fully saturated rings. The van der Waals surface area contributed by atoms with Crippen molar-refractivity contribution >= 4 is 39.8 Å². The van der Waals surface area contributed by atoms with Crippen LogP contribution in [-0.2, 0) is 22.9 Å². The van der Waals surface area contributed by atoms with Crippen molar-refractivity contribution in [2.75, 3.05) is 19.3 Å². The van der Waals surface area contributed by atoms with Gasteiger partial charge in [-0.2, -0.15) is 0 Å². The smallest absolute Gasteiger partial charge is 0.191 e. The number of rotatable bonds is 7. The lowest BCUT2D eigenvalue weighted by molar-refractivity contribution is 0.258. The first-order chi connectivity index (χ1) is 14.3. The minimum absolute atomic E-state index is 0. The fourth-order valence-corrected chi connectivity index (χ4v) is 4.40. The normalized spacial score (nSPS) is 19.6. The average Bonchev–Trinajstić information content (AvgIpc) is 3.05. The van der Waals surface area contributed by atoms with Crippen molar-refractivity contribution in [2.24, 2.45) is 4.99 Å². The van der Waals surface area contributed by atoms with Gasteiger partial charge in [-0.3, -0.25) is 4.90 Å². The Kier molecular flexibility index (Phi) is 9.77. The molecule has 31 heavy (non-hydrogen) atoms. The molecule has 2 aromatic carbocycles. The number of aliphatic imine (C=N–C) groups is 1. The molecule has 0 radical (unpaired) electrons. The summed E-state index contributed by atoms with van der Waals surface area (Å²) in [6.07, 6.45) is 2.29. The van der Waals surface area contributed by atoms with E-state index in [4.69, 9.17) is 4.99 Å². The van der Waals surface area contributed by atoms with Crippen LogP contribution in [0, 0.1) is 0 Å². The molecule has 1 saturated heterocycles. The average molecular weight is 557 g/mol. The number of nitrogens with one attached hydrogen (secondary N) is 2. The number of hydrogen-bond donors (Lipinski definition) is 2. The maximum absolute atomic E-state index is 11.6. The third-order valence-corrected chi connectivity index (χ3v) is 6.52. The van der Waals surface area contributed by atoms with E-state index in [2.05, 4.69) is 59.7 Å². The highest BCUT2D eigenvalue weighted by Gasteiger charge is 2.29. The Balaban J connectivity index is 0.00000341. The van der Waals surface area contributed by atoms with E-state index < -0.39 is 9.84 Å². The van der Waals surface area contributed by atoms with E-state index in [9.17, 15) is 8.42 Å². The predicted octanol–water partition coefficient (Wildman–Crippen LogP) is 3.43. The highest BCUT2D eigenvalue weighted by molar-refractivity contribution is 14.0. The number of sulfone groups is 1. The summed E-state index contributed by atoms with van der Waals surface area (Å²) in [5, 5.41) is 6.89. The van der Waals surface area contributed by atoms with Crippen molar-refractivity contribution in [1.29, 1.82) is 0 Å². The van der Waals surface area contributed by atoms with Gasteiger partial charge in [-0.1, -0.05) is 42.5 Å². The molecule has 8 heteroatoms. The molecule has 170 valence electrons. The number of hydrogen-bond acceptors (Lipinski definition) is 4. The van der Waals surface area contributed by atoms with Crippen LogP contribution in [0.1, 0.15) is 31.4 Å². The van der Waals surface area contributed by atoms with Crippen LogP contribution >= 0.6 is 24.0 Å². The molecular formula is C23H33IN4O2S. The fraction of sp³-hybridized carbons (Fsp3) is 0.435. The van der Waals surface area contributed by atoms with Crippen molar-refractivity contribution in [3.63, 3.8) is 0 Å². The topological polar surface area (TPSA) is 73.8 Å². The second kappa shape index (κ2) is 11.8. The van der Waals surface area contributed by atoms with Gasteiger partial charge >= 0.3 is 0 Å². The number of nitrogens with zero attached hydrogens (tertiary/aromatic N) is 2. The van der Waals surface area contributed by atoms with Crippen LogP contribution in [0.3, 0.4) is 0 Å². The maximum Gasteiger partial charge on any atom is 0.191 e. The highest BCUT2D eigenvalue weighted by Crippen LogP contribution is 2.20. The van der Waals surface area contributed by atoms with Gasteiger partial charge in [0, 0.05) is 38.0 Å². The lowest BCUT2D eigenvalue weighted by Crippen LogP contribution is -2.44. The number of guanidine groups is 1. The molecule has 0 saturated carbocycles. The van der Waals surface area contributed by atoms with Gasteiger partial charge in [0.25, 0.3) is 0 Å². The van der Waals surface area contributed by atoms with Crippen molar-refractivity contribution in [3.05, 3.63) is 65.7 Å². The van der Waals surface area contributed by atoms with Gasteiger partial charge < -0.3 is 10.6 Å². The minimum atomic E-state index is -3.17. The molecule has 1 aliphatic heterocycles. The van der Waals surface area contributed by atoms with Gasteiger partial charge in [-0.15, -0.1) is 24.0 Å². The molecule has 3 rings (SSSR count). The molecule has 2 unspecified atom stereocenters. The molecule has 1 heterocycles. The summed E-state index contributed by atoms with van der Waals surface area (Å²) in [5.41, 5.74) is 2.31. The van der Waals surface area contributed by atoms with E-state index >= 15 is 0 Å². The third kappa shape index (κ3) is 7.76. The van der Waals surface area contributed by atoms with Crippen LogP contribution in [0.15, 0.2) is 64.5 Å². The zero-order valence-corrected chi connectivity index (χ0v) is 21.6. The van der Waals surface area contributed by atoms with Crippen LogP contribution < -0.4 is 10.6 Å². The first-order valence-electron chi connectivity index (χ1n) is 10.5. The minimum Gasteiger partial charge on any atom is -0.357 e. The predicted molar refractivity (Wildman–Crippen MR) is 138 cm³/mol. The van der Waals surface area contributed by atoms with E-state index in [1.165, 1.54) is 11.8 Å². The molecule has 0 spiro atoms. The summed E-state index contributed by atoms with van der Waals surface area (Å²) in [7, 11) is -3.17. The molecule has 0 aromatic heterocycles. The molecule has 0 bridgehead atoms. The quantitative estimate of drug-likeness (QED) is 0.311. The van der Waals surface area contributed by atoms with Crippen molar-refractivity contribution in [2.45, 2.75) is 50.3 Å². The maximum atomic E-state index is 11.6. The largest absolute Gasteiger partial charge is 0.357 e. The van der Waals surface area contributed by atoms with Gasteiger partial charge in [0.2, 0.25) is 0 Å². The first-order valence-corrected chi connectivity index (χ1v) is 12.4. The van der Waals surface area contributed by atoms with Gasteiger partial charge in [0.15, 0.2) is 15.8 Å². The summed E-state index contributed by atoms with van der Waals surface area (Å²) in [4.78, 5) is 7.53. The Hall–Kier alpha value is -1.65. The van der Waals surface area contributed by atoms with E-state index in [0.717, 1.165) is 37.6 Å². The zero-order valence-electron chi connectivity index (χ0n) is 18.4. The van der Waals surface area contributed by atoms with Crippen LogP contribution in [-0.4, -0.2) is 50.7 Å². The Morgan fingerprint density at radius 3 is 2.39 bits per heavy atom. The lowest BCUT2D eigenvalue weighted by Gasteiger charge is -2.21. The standard InChI is InChI=1S/C23H32N4O2S.HI/c1-4-24-23(25-15-19-10-12-22(13-11-19)30(3,28)29)26-21-14-18(2)27(17-21)16-20-8-6-5-7-9-20;/h5-13,18,21H,4,14-17H2,1-3H3,(H2,24,25,26);1H. The van der Waals surface area contributed by atoms with Gasteiger partial charge in [0.05, 0.1) is 11.4 Å². The molecule has 1 aliphatic rings. The first kappa shape index (κ1) is 25.6. The van der Waals surface area contributed by atoms with Crippen LogP contribution in [0.5, 0.6) is 0 Å². The Morgan fingerprint density at radius 2 is 1.77 bits per heavy atom. The summed E-state index contributed by atoms with van der Waals surface area (Å²) in [5.74, 6) is 0.795. The van der Waals surface area contributed by atoms with Crippen molar-refractivity contribution in [1.82, 2.24) is 15.5 Å². The number of halogens is 1. The molecule has 2 N–H and O–H groups in total. The Labute approximate surface area is 203 Å². The summed E-state index contributed by atoms with van der Waals surface area (Å²) >= 11 is 0. The third-order valence-electron chi connectivity index (χ3n) is 5.39. The fourth-order valence-electron chi connectivity index (χ4n) is 3.77. The van der Waals surface area contributed by atoms with Crippen molar-refractivity contribution < 1.29 is 8.42 Å². The van der Waals surface area contributed by atoms with E-state index in [1.54, 1.807) is 12.1 Å². The molecule has 0 amide bonds.